The number of furan rings is 1. The quantitative estimate of drug-likeness (QED) is 0.730. The van der Waals surface area contributed by atoms with Crippen LogP contribution in [0.1, 0.15) is 19.1 Å². The van der Waals surface area contributed by atoms with E-state index in [0.717, 1.165) is 10.7 Å². The summed E-state index contributed by atoms with van der Waals surface area (Å²) in [4.78, 5) is 14.5. The molecule has 0 aliphatic heterocycles. The Kier molecular flexibility index (Phi) is 5.64. The fourth-order valence-corrected chi connectivity index (χ4v) is 2.26. The van der Waals surface area contributed by atoms with Crippen molar-refractivity contribution in [2.24, 2.45) is 0 Å². The molecule has 1 heterocycles. The predicted octanol–water partition coefficient (Wildman–Crippen LogP) is 2.44. The average molecular weight is 252 g/mol. The van der Waals surface area contributed by atoms with Gasteiger partial charge in [0.15, 0.2) is 0 Å². The smallest absolute Gasteiger partial charge is 0.232 e. The number of nitrogens with zero attached hydrogens (tertiary/aromatic N) is 2. The summed E-state index contributed by atoms with van der Waals surface area (Å²) in [5.41, 5.74) is 0. The van der Waals surface area contributed by atoms with Gasteiger partial charge in [-0.15, -0.1) is 11.8 Å². The Morgan fingerprint density at radius 1 is 1.65 bits per heavy atom. The Balaban J connectivity index is 2.43. The molecule has 0 radical (unpaired) electrons. The standard InChI is InChI=1S/C12H16N2O2S/c1-3-14(7-4-6-13)12(15)9-17-11-5-8-16-10(11)2/h5,8H,3-4,7,9H2,1-2H3. The maximum Gasteiger partial charge on any atom is 0.232 e. The molecule has 1 rings (SSSR count). The van der Waals surface area contributed by atoms with E-state index in [1.54, 1.807) is 11.2 Å². The lowest BCUT2D eigenvalue weighted by Gasteiger charge is -2.18. The average Bonchev–Trinajstić information content (AvgIpc) is 2.73. The first kappa shape index (κ1) is 13.7. The molecule has 0 N–H and O–H groups in total. The number of thioether (sulfide) groups is 1. The first-order valence-corrected chi connectivity index (χ1v) is 6.49. The van der Waals surface area contributed by atoms with Crippen molar-refractivity contribution in [1.29, 1.82) is 5.26 Å². The Hall–Kier alpha value is -1.41. The second-order valence-electron chi connectivity index (χ2n) is 3.51. The van der Waals surface area contributed by atoms with Gasteiger partial charge in [0, 0.05) is 18.0 Å². The van der Waals surface area contributed by atoms with Crippen molar-refractivity contribution < 1.29 is 9.21 Å². The SMILES string of the molecule is CCN(CCC#N)C(=O)CSc1ccoc1C. The van der Waals surface area contributed by atoms with Gasteiger partial charge in [-0.25, -0.2) is 0 Å². The Morgan fingerprint density at radius 3 is 2.94 bits per heavy atom. The van der Waals surface area contributed by atoms with E-state index in [1.165, 1.54) is 11.8 Å². The number of carbonyl (C=O) groups is 1. The molecular formula is C12H16N2O2S. The molecule has 0 aromatic carbocycles. The second kappa shape index (κ2) is 7.02. The molecule has 0 spiro atoms. The van der Waals surface area contributed by atoms with Gasteiger partial charge in [0.2, 0.25) is 5.91 Å². The molecule has 0 fully saturated rings. The molecule has 0 aliphatic carbocycles. The van der Waals surface area contributed by atoms with Crippen LogP contribution in [0.15, 0.2) is 21.6 Å². The van der Waals surface area contributed by atoms with E-state index in [-0.39, 0.29) is 5.91 Å². The first-order chi connectivity index (χ1) is 8.19. The molecule has 5 heteroatoms. The number of aryl methyl sites for hydroxylation is 1. The Bertz CT molecular complexity index is 409. The molecule has 0 bridgehead atoms. The van der Waals surface area contributed by atoms with Gasteiger partial charge in [-0.2, -0.15) is 5.26 Å². The van der Waals surface area contributed by atoms with Gasteiger partial charge in [-0.05, 0) is 19.9 Å². The third-order valence-electron chi connectivity index (χ3n) is 2.39. The maximum absolute atomic E-state index is 11.9. The third kappa shape index (κ3) is 4.16. The van der Waals surface area contributed by atoms with Crippen molar-refractivity contribution in [3.8, 4) is 6.07 Å². The molecule has 1 aromatic rings. The van der Waals surface area contributed by atoms with Crippen LogP contribution >= 0.6 is 11.8 Å². The molecule has 17 heavy (non-hydrogen) atoms. The highest BCUT2D eigenvalue weighted by Gasteiger charge is 2.12. The lowest BCUT2D eigenvalue weighted by atomic mass is 10.4. The summed E-state index contributed by atoms with van der Waals surface area (Å²) in [6.07, 6.45) is 2.00. The molecule has 1 aromatic heterocycles. The van der Waals surface area contributed by atoms with Crippen LogP contribution in [0.5, 0.6) is 0 Å². The van der Waals surface area contributed by atoms with Gasteiger partial charge in [-0.1, -0.05) is 0 Å². The molecule has 0 unspecified atom stereocenters. The van der Waals surface area contributed by atoms with Crippen molar-refractivity contribution in [3.63, 3.8) is 0 Å². The van der Waals surface area contributed by atoms with E-state index >= 15 is 0 Å². The van der Waals surface area contributed by atoms with Crippen LogP contribution < -0.4 is 0 Å². The molecule has 4 nitrogen and oxygen atoms in total. The number of carbonyl (C=O) groups excluding carboxylic acids is 1. The van der Waals surface area contributed by atoms with Gasteiger partial charge in [0.05, 0.1) is 24.5 Å². The number of hydrogen-bond acceptors (Lipinski definition) is 4. The van der Waals surface area contributed by atoms with E-state index < -0.39 is 0 Å². The number of rotatable bonds is 6. The number of hydrogen-bond donors (Lipinski definition) is 0. The molecule has 0 saturated carbocycles. The zero-order chi connectivity index (χ0) is 12.7. The van der Waals surface area contributed by atoms with Crippen LogP contribution in [0.25, 0.3) is 0 Å². The van der Waals surface area contributed by atoms with E-state index in [4.69, 9.17) is 9.68 Å². The zero-order valence-electron chi connectivity index (χ0n) is 10.1. The highest BCUT2D eigenvalue weighted by Crippen LogP contribution is 2.23. The second-order valence-corrected chi connectivity index (χ2v) is 4.53. The minimum atomic E-state index is 0.0633. The minimum absolute atomic E-state index is 0.0633. The van der Waals surface area contributed by atoms with Crippen molar-refractivity contribution in [3.05, 3.63) is 18.1 Å². The first-order valence-electron chi connectivity index (χ1n) is 5.50. The number of amides is 1. The fourth-order valence-electron chi connectivity index (χ4n) is 1.40. The monoisotopic (exact) mass is 252 g/mol. The predicted molar refractivity (Wildman–Crippen MR) is 66.7 cm³/mol. The van der Waals surface area contributed by atoms with Crippen molar-refractivity contribution in [2.45, 2.75) is 25.2 Å². The molecule has 0 atom stereocenters. The summed E-state index contributed by atoms with van der Waals surface area (Å²) in [5, 5.41) is 8.50. The summed E-state index contributed by atoms with van der Waals surface area (Å²) in [7, 11) is 0. The summed E-state index contributed by atoms with van der Waals surface area (Å²) < 4.78 is 5.16. The van der Waals surface area contributed by atoms with Gasteiger partial charge in [0.25, 0.3) is 0 Å². The third-order valence-corrected chi connectivity index (χ3v) is 3.52. The van der Waals surface area contributed by atoms with E-state index in [9.17, 15) is 4.79 Å². The number of nitriles is 1. The highest BCUT2D eigenvalue weighted by molar-refractivity contribution is 8.00. The van der Waals surface area contributed by atoms with Crippen molar-refractivity contribution in [2.75, 3.05) is 18.8 Å². The van der Waals surface area contributed by atoms with Gasteiger partial charge >= 0.3 is 0 Å². The van der Waals surface area contributed by atoms with Crippen LogP contribution in [-0.2, 0) is 4.79 Å². The largest absolute Gasteiger partial charge is 0.468 e. The van der Waals surface area contributed by atoms with Gasteiger partial charge < -0.3 is 9.32 Å². The summed E-state index contributed by atoms with van der Waals surface area (Å²) in [6, 6.07) is 3.91. The van der Waals surface area contributed by atoms with Gasteiger partial charge in [-0.3, -0.25) is 4.79 Å². The fraction of sp³-hybridized carbons (Fsp3) is 0.500. The molecular weight excluding hydrogens is 236 g/mol. The van der Waals surface area contributed by atoms with Crippen molar-refractivity contribution >= 4 is 17.7 Å². The van der Waals surface area contributed by atoms with E-state index in [0.29, 0.717) is 25.3 Å². The summed E-state index contributed by atoms with van der Waals surface area (Å²) in [5.74, 6) is 1.29. The lowest BCUT2D eigenvalue weighted by Crippen LogP contribution is -2.33. The van der Waals surface area contributed by atoms with Gasteiger partial charge in [0.1, 0.15) is 5.76 Å². The normalized spacial score (nSPS) is 9.94. The summed E-state index contributed by atoms with van der Waals surface area (Å²) >= 11 is 1.47. The Morgan fingerprint density at radius 2 is 2.41 bits per heavy atom. The topological polar surface area (TPSA) is 57.2 Å². The van der Waals surface area contributed by atoms with Crippen LogP contribution in [0.4, 0.5) is 0 Å². The maximum atomic E-state index is 11.9. The summed E-state index contributed by atoms with van der Waals surface area (Å²) in [6.45, 7) is 4.95. The van der Waals surface area contributed by atoms with Crippen molar-refractivity contribution in [1.82, 2.24) is 4.90 Å². The van der Waals surface area contributed by atoms with Crippen LogP contribution in [0.2, 0.25) is 0 Å². The van der Waals surface area contributed by atoms with Crippen LogP contribution in [0.3, 0.4) is 0 Å². The molecule has 1 amide bonds. The van der Waals surface area contributed by atoms with E-state index in [1.807, 2.05) is 19.9 Å². The minimum Gasteiger partial charge on any atom is -0.468 e. The zero-order valence-corrected chi connectivity index (χ0v) is 10.9. The molecule has 92 valence electrons. The Labute approximate surface area is 106 Å². The molecule has 0 saturated heterocycles. The van der Waals surface area contributed by atoms with Crippen LogP contribution in [0, 0.1) is 18.3 Å². The lowest BCUT2D eigenvalue weighted by molar-refractivity contribution is -0.128. The molecule has 0 aliphatic rings. The van der Waals surface area contributed by atoms with E-state index in [2.05, 4.69) is 6.07 Å². The van der Waals surface area contributed by atoms with Crippen LogP contribution in [-0.4, -0.2) is 29.6 Å². The highest BCUT2D eigenvalue weighted by atomic mass is 32.2.